The summed E-state index contributed by atoms with van der Waals surface area (Å²) >= 11 is 1.37. The van der Waals surface area contributed by atoms with Gasteiger partial charge in [-0.05, 0) is 37.1 Å². The van der Waals surface area contributed by atoms with E-state index in [0.29, 0.717) is 11.7 Å². The normalized spacial score (nSPS) is 18.1. The Morgan fingerprint density at radius 3 is 2.56 bits per heavy atom. The molecule has 6 heteroatoms. The molecule has 140 valence electrons. The van der Waals surface area contributed by atoms with Crippen LogP contribution in [0.15, 0.2) is 59.6 Å². The molecule has 2 amide bonds. The van der Waals surface area contributed by atoms with Gasteiger partial charge in [0.05, 0.1) is 5.69 Å². The van der Waals surface area contributed by atoms with Gasteiger partial charge in [-0.1, -0.05) is 55.1 Å². The van der Waals surface area contributed by atoms with Crippen molar-refractivity contribution in [3.05, 3.63) is 60.2 Å². The lowest BCUT2D eigenvalue weighted by molar-refractivity contribution is -0.128. The molecule has 0 saturated carbocycles. The van der Waals surface area contributed by atoms with E-state index in [0.717, 1.165) is 23.4 Å². The van der Waals surface area contributed by atoms with Crippen molar-refractivity contribution in [1.82, 2.24) is 4.90 Å². The van der Waals surface area contributed by atoms with E-state index in [9.17, 15) is 9.59 Å². The first-order valence-corrected chi connectivity index (χ1v) is 9.93. The van der Waals surface area contributed by atoms with Crippen LogP contribution in [0.1, 0.15) is 25.3 Å². The zero-order valence-corrected chi connectivity index (χ0v) is 16.3. The van der Waals surface area contributed by atoms with Gasteiger partial charge in [0.1, 0.15) is 5.25 Å². The van der Waals surface area contributed by atoms with Crippen LogP contribution in [0.3, 0.4) is 0 Å². The highest BCUT2D eigenvalue weighted by Gasteiger charge is 2.38. The molecule has 1 atom stereocenters. The molecule has 1 heterocycles. The van der Waals surface area contributed by atoms with Crippen molar-refractivity contribution in [3.8, 4) is 0 Å². The van der Waals surface area contributed by atoms with E-state index in [1.807, 2.05) is 68.4 Å². The molecular weight excluding hydrogens is 358 g/mol. The molecule has 0 spiro atoms. The minimum Gasteiger partial charge on any atom is -0.326 e. The van der Waals surface area contributed by atoms with E-state index in [-0.39, 0.29) is 18.2 Å². The zero-order chi connectivity index (χ0) is 19.2. The van der Waals surface area contributed by atoms with E-state index in [4.69, 9.17) is 0 Å². The topological polar surface area (TPSA) is 61.8 Å². The van der Waals surface area contributed by atoms with E-state index in [2.05, 4.69) is 10.3 Å². The van der Waals surface area contributed by atoms with Crippen molar-refractivity contribution < 1.29 is 9.59 Å². The van der Waals surface area contributed by atoms with Crippen molar-refractivity contribution in [3.63, 3.8) is 0 Å². The van der Waals surface area contributed by atoms with E-state index >= 15 is 0 Å². The van der Waals surface area contributed by atoms with E-state index in [1.165, 1.54) is 11.8 Å². The molecule has 1 aliphatic rings. The van der Waals surface area contributed by atoms with E-state index in [1.54, 1.807) is 4.90 Å². The summed E-state index contributed by atoms with van der Waals surface area (Å²) in [4.78, 5) is 31.6. The van der Waals surface area contributed by atoms with Gasteiger partial charge >= 0.3 is 0 Å². The number of aryl methyl sites for hydroxylation is 1. The SMILES string of the molecule is CCCN1C(=O)[C@H](CC(=O)Nc2ccccc2C)SC1=Nc1ccccc1. The molecule has 0 bridgehead atoms. The van der Waals surface area contributed by atoms with Gasteiger partial charge in [-0.25, -0.2) is 4.99 Å². The maximum atomic E-state index is 12.8. The Morgan fingerprint density at radius 1 is 1.15 bits per heavy atom. The van der Waals surface area contributed by atoms with Gasteiger partial charge in [0, 0.05) is 18.7 Å². The van der Waals surface area contributed by atoms with Gasteiger partial charge in [0.15, 0.2) is 5.17 Å². The summed E-state index contributed by atoms with van der Waals surface area (Å²) in [5.41, 5.74) is 2.58. The maximum Gasteiger partial charge on any atom is 0.242 e. The fourth-order valence-electron chi connectivity index (χ4n) is 2.85. The number of hydrogen-bond acceptors (Lipinski definition) is 4. The van der Waals surface area contributed by atoms with Crippen molar-refractivity contribution >= 4 is 40.1 Å². The Morgan fingerprint density at radius 2 is 1.85 bits per heavy atom. The highest BCUT2D eigenvalue weighted by Crippen LogP contribution is 2.32. The summed E-state index contributed by atoms with van der Waals surface area (Å²) in [6.07, 6.45) is 0.966. The molecule has 2 aromatic rings. The minimum absolute atomic E-state index is 0.0449. The van der Waals surface area contributed by atoms with Gasteiger partial charge in [-0.15, -0.1) is 0 Å². The first kappa shape index (κ1) is 19.2. The molecule has 1 saturated heterocycles. The molecule has 1 N–H and O–H groups in total. The van der Waals surface area contributed by atoms with Crippen LogP contribution in [-0.2, 0) is 9.59 Å². The lowest BCUT2D eigenvalue weighted by Crippen LogP contribution is -2.34. The molecule has 2 aromatic carbocycles. The molecule has 1 fully saturated rings. The summed E-state index contributed by atoms with van der Waals surface area (Å²) in [7, 11) is 0. The van der Waals surface area contributed by atoms with Gasteiger partial charge in [0.25, 0.3) is 0 Å². The lowest BCUT2D eigenvalue weighted by Gasteiger charge is -2.15. The smallest absolute Gasteiger partial charge is 0.242 e. The number of amides is 2. The third kappa shape index (κ3) is 4.77. The molecule has 5 nitrogen and oxygen atoms in total. The summed E-state index contributed by atoms with van der Waals surface area (Å²) in [5.74, 6) is -0.205. The number of nitrogens with zero attached hydrogens (tertiary/aromatic N) is 2. The number of para-hydroxylation sites is 2. The number of hydrogen-bond donors (Lipinski definition) is 1. The van der Waals surface area contributed by atoms with Crippen LogP contribution in [-0.4, -0.2) is 33.7 Å². The molecule has 0 unspecified atom stereocenters. The number of nitrogens with one attached hydrogen (secondary N) is 1. The third-order valence-corrected chi connectivity index (χ3v) is 5.41. The second kappa shape index (κ2) is 8.86. The number of aliphatic imine (C=N–C) groups is 1. The average Bonchev–Trinajstić information content (AvgIpc) is 2.93. The van der Waals surface area contributed by atoms with Crippen LogP contribution in [0.2, 0.25) is 0 Å². The number of rotatable bonds is 6. The van der Waals surface area contributed by atoms with Crippen LogP contribution in [0.5, 0.6) is 0 Å². The third-order valence-electron chi connectivity index (χ3n) is 4.24. The standard InChI is InChI=1S/C21H23N3O2S/c1-3-13-24-20(26)18(27-21(24)22-16-10-5-4-6-11-16)14-19(25)23-17-12-8-7-9-15(17)2/h4-12,18H,3,13-14H2,1-2H3,(H,23,25)/t18-/m0/s1. The minimum atomic E-state index is -0.442. The van der Waals surface area contributed by atoms with Crippen molar-refractivity contribution in [2.24, 2.45) is 4.99 Å². The number of thioether (sulfide) groups is 1. The van der Waals surface area contributed by atoms with Gasteiger partial charge < -0.3 is 5.32 Å². The van der Waals surface area contributed by atoms with Crippen molar-refractivity contribution in [1.29, 1.82) is 0 Å². The zero-order valence-electron chi connectivity index (χ0n) is 15.5. The van der Waals surface area contributed by atoms with Crippen LogP contribution < -0.4 is 5.32 Å². The number of anilines is 1. The number of carbonyl (C=O) groups excluding carboxylic acids is 2. The average molecular weight is 382 g/mol. The predicted molar refractivity (Wildman–Crippen MR) is 111 cm³/mol. The number of benzene rings is 2. The Bertz CT molecular complexity index is 852. The molecule has 0 aliphatic carbocycles. The molecule has 3 rings (SSSR count). The van der Waals surface area contributed by atoms with Crippen molar-refractivity contribution in [2.75, 3.05) is 11.9 Å². The maximum absolute atomic E-state index is 12.8. The Balaban J connectivity index is 1.72. The van der Waals surface area contributed by atoms with Crippen LogP contribution in [0, 0.1) is 6.92 Å². The van der Waals surface area contributed by atoms with E-state index < -0.39 is 5.25 Å². The highest BCUT2D eigenvalue weighted by molar-refractivity contribution is 8.15. The van der Waals surface area contributed by atoms with Gasteiger partial charge in [0.2, 0.25) is 11.8 Å². The van der Waals surface area contributed by atoms with Gasteiger partial charge in [-0.2, -0.15) is 0 Å². The summed E-state index contributed by atoms with van der Waals surface area (Å²) < 4.78 is 0. The highest BCUT2D eigenvalue weighted by atomic mass is 32.2. The summed E-state index contributed by atoms with van der Waals surface area (Å²) in [6.45, 7) is 4.57. The largest absolute Gasteiger partial charge is 0.326 e. The second-order valence-corrected chi connectivity index (χ2v) is 7.56. The molecule has 1 aliphatic heterocycles. The summed E-state index contributed by atoms with van der Waals surface area (Å²) in [6, 6.07) is 17.2. The van der Waals surface area contributed by atoms with Crippen LogP contribution in [0.4, 0.5) is 11.4 Å². The molecule has 0 aromatic heterocycles. The predicted octanol–water partition coefficient (Wildman–Crippen LogP) is 4.37. The molecule has 0 radical (unpaired) electrons. The first-order valence-electron chi connectivity index (χ1n) is 9.05. The monoisotopic (exact) mass is 381 g/mol. The fourth-order valence-corrected chi connectivity index (χ4v) is 4.03. The lowest BCUT2D eigenvalue weighted by atomic mass is 10.2. The van der Waals surface area contributed by atoms with Crippen LogP contribution >= 0.6 is 11.8 Å². The Labute approximate surface area is 163 Å². The first-order chi connectivity index (χ1) is 13.1. The molecular formula is C21H23N3O2S. The molecule has 27 heavy (non-hydrogen) atoms. The van der Waals surface area contributed by atoms with Crippen LogP contribution in [0.25, 0.3) is 0 Å². The van der Waals surface area contributed by atoms with Crippen molar-refractivity contribution in [2.45, 2.75) is 31.9 Å². The Hall–Kier alpha value is -2.60. The summed E-state index contributed by atoms with van der Waals surface area (Å²) in [5, 5.41) is 3.13. The number of amidine groups is 1. The second-order valence-electron chi connectivity index (χ2n) is 6.39. The quantitative estimate of drug-likeness (QED) is 0.808. The fraction of sp³-hybridized carbons (Fsp3) is 0.286. The van der Waals surface area contributed by atoms with Gasteiger partial charge in [-0.3, -0.25) is 14.5 Å². The Kier molecular flexibility index (Phi) is 6.29. The number of carbonyl (C=O) groups is 2.